The standard InChI is InChI=1S/C20H15N/c1-14-9-10-17-18(12-14)19(13-15-6-3-2-4-7-15)16-8-5-11-21-20(16)17/h2-13H,1H3/p+1/b19-13+. The Hall–Kier alpha value is -2.67. The van der Waals surface area contributed by atoms with E-state index in [9.17, 15) is 0 Å². The molecule has 1 heterocycles. The molecule has 1 aliphatic carbocycles. The van der Waals surface area contributed by atoms with Crippen molar-refractivity contribution >= 4 is 11.6 Å². The summed E-state index contributed by atoms with van der Waals surface area (Å²) < 4.78 is 0. The number of hydrogen-bond acceptors (Lipinski definition) is 0. The van der Waals surface area contributed by atoms with Crippen molar-refractivity contribution in [2.75, 3.05) is 0 Å². The number of aromatic nitrogens is 1. The van der Waals surface area contributed by atoms with E-state index in [0.29, 0.717) is 0 Å². The van der Waals surface area contributed by atoms with Crippen LogP contribution in [-0.4, -0.2) is 0 Å². The minimum atomic E-state index is 1.22. The van der Waals surface area contributed by atoms with Crippen molar-refractivity contribution in [3.05, 3.63) is 89.1 Å². The van der Waals surface area contributed by atoms with Crippen molar-refractivity contribution in [2.45, 2.75) is 6.92 Å². The number of fused-ring (bicyclic) bond motifs is 3. The Morgan fingerprint density at radius 2 is 1.67 bits per heavy atom. The number of H-pyrrole nitrogens is 1. The molecule has 1 heteroatoms. The summed E-state index contributed by atoms with van der Waals surface area (Å²) in [5.74, 6) is 0. The Morgan fingerprint density at radius 1 is 0.810 bits per heavy atom. The molecule has 0 aliphatic heterocycles. The molecule has 1 aliphatic rings. The third-order valence-corrected chi connectivity index (χ3v) is 3.99. The quantitative estimate of drug-likeness (QED) is 0.487. The summed E-state index contributed by atoms with van der Waals surface area (Å²) in [4.78, 5) is 3.40. The highest BCUT2D eigenvalue weighted by molar-refractivity contribution is 6.04. The van der Waals surface area contributed by atoms with Crippen LogP contribution in [-0.2, 0) is 0 Å². The van der Waals surface area contributed by atoms with Gasteiger partial charge in [0.05, 0.1) is 11.1 Å². The van der Waals surface area contributed by atoms with Crippen molar-refractivity contribution in [1.29, 1.82) is 0 Å². The van der Waals surface area contributed by atoms with Gasteiger partial charge in [-0.2, -0.15) is 0 Å². The number of aryl methyl sites for hydroxylation is 1. The van der Waals surface area contributed by atoms with E-state index in [1.807, 2.05) is 6.20 Å². The number of nitrogens with one attached hydrogen (secondary N) is 1. The third-order valence-electron chi connectivity index (χ3n) is 3.99. The Balaban J connectivity index is 1.99. The van der Waals surface area contributed by atoms with Crippen LogP contribution < -0.4 is 4.98 Å². The molecule has 0 fully saturated rings. The molecule has 0 saturated heterocycles. The van der Waals surface area contributed by atoms with Gasteiger partial charge in [-0.1, -0.05) is 48.0 Å². The second-order valence-corrected chi connectivity index (χ2v) is 5.48. The molecule has 1 N–H and O–H groups in total. The number of hydrogen-bond donors (Lipinski definition) is 0. The molecule has 1 nitrogen and oxygen atoms in total. The van der Waals surface area contributed by atoms with Gasteiger partial charge in [0.25, 0.3) is 0 Å². The summed E-state index contributed by atoms with van der Waals surface area (Å²) in [6, 6.07) is 21.4. The van der Waals surface area contributed by atoms with E-state index in [2.05, 4.69) is 78.6 Å². The highest BCUT2D eigenvalue weighted by Gasteiger charge is 2.28. The van der Waals surface area contributed by atoms with E-state index >= 15 is 0 Å². The fourth-order valence-corrected chi connectivity index (χ4v) is 3.00. The number of benzene rings is 2. The molecule has 0 saturated carbocycles. The topological polar surface area (TPSA) is 14.1 Å². The summed E-state index contributed by atoms with van der Waals surface area (Å²) in [6.45, 7) is 2.15. The number of rotatable bonds is 1. The lowest BCUT2D eigenvalue weighted by molar-refractivity contribution is -0.364. The van der Waals surface area contributed by atoms with Gasteiger partial charge in [0.1, 0.15) is 0 Å². The lowest BCUT2D eigenvalue weighted by Crippen LogP contribution is -2.04. The first-order valence-corrected chi connectivity index (χ1v) is 7.22. The lowest BCUT2D eigenvalue weighted by atomic mass is 10.00. The first-order valence-electron chi connectivity index (χ1n) is 7.22. The van der Waals surface area contributed by atoms with Gasteiger partial charge >= 0.3 is 0 Å². The van der Waals surface area contributed by atoms with Crippen LogP contribution in [0.3, 0.4) is 0 Å². The highest BCUT2D eigenvalue weighted by atomic mass is 14.7. The lowest BCUT2D eigenvalue weighted by Gasteiger charge is -2.03. The van der Waals surface area contributed by atoms with Crippen LogP contribution in [0.25, 0.3) is 22.9 Å². The normalized spacial score (nSPS) is 14.0. The van der Waals surface area contributed by atoms with E-state index in [1.54, 1.807) is 0 Å². The Morgan fingerprint density at radius 3 is 2.52 bits per heavy atom. The molecular weight excluding hydrogens is 254 g/mol. The van der Waals surface area contributed by atoms with Crippen molar-refractivity contribution in [2.24, 2.45) is 0 Å². The molecule has 100 valence electrons. The van der Waals surface area contributed by atoms with Gasteiger partial charge < -0.3 is 0 Å². The van der Waals surface area contributed by atoms with Crippen LogP contribution in [0.1, 0.15) is 22.3 Å². The molecule has 2 aromatic carbocycles. The zero-order valence-corrected chi connectivity index (χ0v) is 11.9. The maximum atomic E-state index is 3.40. The predicted octanol–water partition coefficient (Wildman–Crippen LogP) is 4.38. The average Bonchev–Trinajstić information content (AvgIpc) is 2.82. The van der Waals surface area contributed by atoms with E-state index in [1.165, 1.54) is 39.1 Å². The summed E-state index contributed by atoms with van der Waals surface area (Å²) in [7, 11) is 0. The van der Waals surface area contributed by atoms with Crippen LogP contribution in [0.5, 0.6) is 0 Å². The second kappa shape index (κ2) is 4.71. The third kappa shape index (κ3) is 1.98. The van der Waals surface area contributed by atoms with Gasteiger partial charge in [-0.15, -0.1) is 0 Å². The van der Waals surface area contributed by atoms with Crippen LogP contribution in [0, 0.1) is 6.92 Å². The summed E-state index contributed by atoms with van der Waals surface area (Å²) in [5, 5.41) is 0. The molecule has 0 unspecified atom stereocenters. The van der Waals surface area contributed by atoms with E-state index in [-0.39, 0.29) is 0 Å². The Kier molecular flexibility index (Phi) is 2.71. The molecule has 0 amide bonds. The number of pyridine rings is 1. The van der Waals surface area contributed by atoms with Crippen LogP contribution >= 0.6 is 0 Å². The highest BCUT2D eigenvalue weighted by Crippen LogP contribution is 2.42. The minimum absolute atomic E-state index is 1.22. The fraction of sp³-hybridized carbons (Fsp3) is 0.0500. The molecule has 0 spiro atoms. The van der Waals surface area contributed by atoms with Crippen molar-refractivity contribution in [3.8, 4) is 11.3 Å². The zero-order chi connectivity index (χ0) is 14.2. The van der Waals surface area contributed by atoms with Gasteiger partial charge in [-0.3, -0.25) is 0 Å². The Labute approximate surface area is 124 Å². The van der Waals surface area contributed by atoms with Crippen molar-refractivity contribution in [3.63, 3.8) is 0 Å². The van der Waals surface area contributed by atoms with Crippen LogP contribution in [0.4, 0.5) is 0 Å². The predicted molar refractivity (Wildman–Crippen MR) is 86.6 cm³/mol. The Bertz CT molecular complexity index is 845. The van der Waals surface area contributed by atoms with Gasteiger partial charge in [0.2, 0.25) is 5.69 Å². The summed E-state index contributed by atoms with van der Waals surface area (Å²) in [5.41, 5.74) is 8.93. The zero-order valence-electron chi connectivity index (χ0n) is 11.9. The number of aromatic amines is 1. The van der Waals surface area contributed by atoms with Gasteiger partial charge in [0.15, 0.2) is 6.20 Å². The van der Waals surface area contributed by atoms with Gasteiger partial charge in [-0.05, 0) is 41.8 Å². The SMILES string of the molecule is Cc1ccc2c(c1)/C(=C/c1ccccc1)c1ccc[nH+]c1-2. The smallest absolute Gasteiger partial charge is 0.211 e. The average molecular weight is 270 g/mol. The molecular formula is C20H16N+. The largest absolute Gasteiger partial charge is 0.219 e. The van der Waals surface area contributed by atoms with E-state index in [4.69, 9.17) is 0 Å². The molecule has 0 radical (unpaired) electrons. The summed E-state index contributed by atoms with van der Waals surface area (Å²) in [6.07, 6.45) is 4.27. The monoisotopic (exact) mass is 270 g/mol. The molecule has 3 aromatic rings. The minimum Gasteiger partial charge on any atom is -0.211 e. The molecule has 1 aromatic heterocycles. The van der Waals surface area contributed by atoms with Crippen LogP contribution in [0.2, 0.25) is 0 Å². The fourth-order valence-electron chi connectivity index (χ4n) is 3.00. The van der Waals surface area contributed by atoms with E-state index < -0.39 is 0 Å². The summed E-state index contributed by atoms with van der Waals surface area (Å²) >= 11 is 0. The van der Waals surface area contributed by atoms with Crippen LogP contribution in [0.15, 0.2) is 66.9 Å². The van der Waals surface area contributed by atoms with Gasteiger partial charge in [-0.25, -0.2) is 4.98 Å². The molecule has 4 rings (SSSR count). The van der Waals surface area contributed by atoms with Crippen molar-refractivity contribution in [1.82, 2.24) is 0 Å². The molecule has 21 heavy (non-hydrogen) atoms. The molecule has 0 atom stereocenters. The van der Waals surface area contributed by atoms with Gasteiger partial charge in [0, 0.05) is 6.07 Å². The first-order chi connectivity index (χ1) is 10.3. The second-order valence-electron chi connectivity index (χ2n) is 5.48. The molecule has 0 bridgehead atoms. The maximum Gasteiger partial charge on any atom is 0.219 e. The van der Waals surface area contributed by atoms with E-state index in [0.717, 1.165) is 0 Å². The maximum absolute atomic E-state index is 3.40. The first kappa shape index (κ1) is 12.1. The van der Waals surface area contributed by atoms with Crippen molar-refractivity contribution < 1.29 is 4.98 Å².